The van der Waals surface area contributed by atoms with Crippen molar-refractivity contribution in [2.75, 3.05) is 25.5 Å². The number of hydrogen-bond donors (Lipinski definition) is 3. The summed E-state index contributed by atoms with van der Waals surface area (Å²) in [7, 11) is 1.62. The number of likely N-dealkylation sites (tertiary alicyclic amines) is 1. The van der Waals surface area contributed by atoms with Crippen LogP contribution in [0.15, 0.2) is 42.5 Å². The molecule has 4 heterocycles. The number of aromatic nitrogens is 5. The first-order valence-corrected chi connectivity index (χ1v) is 12.8. The molecular weight excluding hydrogens is 484 g/mol. The van der Waals surface area contributed by atoms with E-state index in [-0.39, 0.29) is 11.8 Å². The van der Waals surface area contributed by atoms with Gasteiger partial charge in [-0.2, -0.15) is 5.21 Å². The van der Waals surface area contributed by atoms with Crippen molar-refractivity contribution < 1.29 is 14.3 Å². The monoisotopic (exact) mass is 510 g/mol. The average molecular weight is 511 g/mol. The number of methoxy groups -OCH3 is 1. The summed E-state index contributed by atoms with van der Waals surface area (Å²) < 4.78 is 5.65. The summed E-state index contributed by atoms with van der Waals surface area (Å²) >= 11 is 0. The molecule has 1 aliphatic carbocycles. The van der Waals surface area contributed by atoms with Gasteiger partial charge in [-0.1, -0.05) is 12.1 Å². The Bertz CT molecular complexity index is 1570. The lowest BCUT2D eigenvalue weighted by molar-refractivity contribution is 0.0634. The molecule has 38 heavy (non-hydrogen) atoms. The molecule has 2 aromatic heterocycles. The SMILES string of the molecule is COc1cc(C(=O)N2CCC3(CC2)NC(=O)c2cc(-c4nn[nH]n4)ccc2N3)nc2c(C3CC3)cccc12. The molecule has 2 fully saturated rings. The number of hydrogen-bond acceptors (Lipinski definition) is 8. The smallest absolute Gasteiger partial charge is 0.272 e. The van der Waals surface area contributed by atoms with Crippen molar-refractivity contribution in [2.24, 2.45) is 0 Å². The van der Waals surface area contributed by atoms with E-state index in [2.05, 4.69) is 37.3 Å². The number of nitrogens with zero attached hydrogens (tertiary/aromatic N) is 5. The van der Waals surface area contributed by atoms with Gasteiger partial charge in [0, 0.05) is 48.6 Å². The molecule has 11 heteroatoms. The molecule has 1 saturated heterocycles. The minimum absolute atomic E-state index is 0.127. The van der Waals surface area contributed by atoms with E-state index in [1.165, 1.54) is 5.56 Å². The standard InChI is InChI=1S/C27H26N8O3/c1-38-22-14-21(28-23-17(15-5-6-15)3-2-4-18(22)23)26(37)35-11-9-27(10-12-35)29-20-8-7-16(24-31-33-34-32-24)13-19(20)25(36)30-27/h2-4,7-8,13-15,29H,5-6,9-12H2,1H3,(H,30,36)(H,31,32,33,34). The normalized spacial score (nSPS) is 18.1. The van der Waals surface area contributed by atoms with E-state index in [4.69, 9.17) is 9.72 Å². The van der Waals surface area contributed by atoms with Gasteiger partial charge in [-0.3, -0.25) is 9.59 Å². The molecule has 2 aromatic carbocycles. The second kappa shape index (κ2) is 8.51. The van der Waals surface area contributed by atoms with Gasteiger partial charge in [0.15, 0.2) is 0 Å². The van der Waals surface area contributed by atoms with E-state index >= 15 is 0 Å². The summed E-state index contributed by atoms with van der Waals surface area (Å²) in [5, 5.41) is 21.6. The molecule has 2 aliphatic heterocycles. The van der Waals surface area contributed by atoms with Gasteiger partial charge in [0.2, 0.25) is 5.82 Å². The Morgan fingerprint density at radius 2 is 1.95 bits per heavy atom. The average Bonchev–Trinajstić information content (AvgIpc) is 3.64. The van der Waals surface area contributed by atoms with Gasteiger partial charge in [0.05, 0.1) is 18.2 Å². The number of rotatable bonds is 4. The van der Waals surface area contributed by atoms with E-state index in [9.17, 15) is 9.59 Å². The summed E-state index contributed by atoms with van der Waals surface area (Å²) in [6.07, 6.45) is 3.43. The first-order chi connectivity index (χ1) is 18.5. The number of anilines is 1. The van der Waals surface area contributed by atoms with Crippen molar-refractivity contribution in [3.8, 4) is 17.1 Å². The molecule has 1 spiro atoms. The zero-order chi connectivity index (χ0) is 25.9. The largest absolute Gasteiger partial charge is 0.496 e. The van der Waals surface area contributed by atoms with Crippen LogP contribution in [0.1, 0.15) is 58.0 Å². The third-order valence-corrected chi connectivity index (χ3v) is 7.79. The predicted molar refractivity (Wildman–Crippen MR) is 139 cm³/mol. The molecule has 3 aliphatic rings. The van der Waals surface area contributed by atoms with Crippen molar-refractivity contribution in [1.29, 1.82) is 0 Å². The Kier molecular flexibility index (Phi) is 5.07. The molecule has 0 unspecified atom stereocenters. The number of pyridine rings is 1. The van der Waals surface area contributed by atoms with E-state index < -0.39 is 5.66 Å². The fraction of sp³-hybridized carbons (Fsp3) is 0.333. The molecule has 192 valence electrons. The number of para-hydroxylation sites is 1. The fourth-order valence-electron chi connectivity index (χ4n) is 5.58. The Morgan fingerprint density at radius 3 is 2.68 bits per heavy atom. The zero-order valence-corrected chi connectivity index (χ0v) is 20.8. The second-order valence-corrected chi connectivity index (χ2v) is 10.2. The van der Waals surface area contributed by atoms with Crippen molar-refractivity contribution in [2.45, 2.75) is 37.3 Å². The molecule has 4 aromatic rings. The third kappa shape index (κ3) is 3.73. The highest BCUT2D eigenvalue weighted by molar-refractivity contribution is 6.03. The predicted octanol–water partition coefficient (Wildman–Crippen LogP) is 3.09. The molecular formula is C27H26N8O3. The minimum atomic E-state index is -0.623. The molecule has 0 bridgehead atoms. The number of amides is 2. The van der Waals surface area contributed by atoms with Crippen LogP contribution in [-0.2, 0) is 0 Å². The van der Waals surface area contributed by atoms with E-state index in [1.807, 2.05) is 24.3 Å². The minimum Gasteiger partial charge on any atom is -0.496 e. The Morgan fingerprint density at radius 1 is 1.11 bits per heavy atom. The van der Waals surface area contributed by atoms with Gasteiger partial charge < -0.3 is 20.3 Å². The second-order valence-electron chi connectivity index (χ2n) is 10.2. The highest BCUT2D eigenvalue weighted by atomic mass is 16.5. The first kappa shape index (κ1) is 22.6. The highest BCUT2D eigenvalue weighted by Gasteiger charge is 2.41. The number of benzene rings is 2. The van der Waals surface area contributed by atoms with Crippen LogP contribution in [0.4, 0.5) is 5.69 Å². The number of ether oxygens (including phenoxy) is 1. The number of H-pyrrole nitrogens is 1. The van der Waals surface area contributed by atoms with Crippen LogP contribution in [0.25, 0.3) is 22.3 Å². The third-order valence-electron chi connectivity index (χ3n) is 7.79. The number of fused-ring (bicyclic) bond motifs is 2. The quantitative estimate of drug-likeness (QED) is 0.381. The summed E-state index contributed by atoms with van der Waals surface area (Å²) in [6, 6.07) is 13.3. The number of aromatic amines is 1. The summed E-state index contributed by atoms with van der Waals surface area (Å²) in [5.41, 5.74) is 3.77. The van der Waals surface area contributed by atoms with E-state index in [0.29, 0.717) is 60.2 Å². The molecule has 11 nitrogen and oxygen atoms in total. The van der Waals surface area contributed by atoms with Crippen molar-refractivity contribution in [3.63, 3.8) is 0 Å². The first-order valence-electron chi connectivity index (χ1n) is 12.8. The number of carbonyl (C=O) groups is 2. The van der Waals surface area contributed by atoms with Crippen LogP contribution < -0.4 is 15.4 Å². The highest BCUT2D eigenvalue weighted by Crippen LogP contribution is 2.44. The van der Waals surface area contributed by atoms with Crippen LogP contribution in [0.5, 0.6) is 5.75 Å². The molecule has 3 N–H and O–H groups in total. The van der Waals surface area contributed by atoms with Crippen LogP contribution >= 0.6 is 0 Å². The van der Waals surface area contributed by atoms with Gasteiger partial charge in [0.1, 0.15) is 17.1 Å². The summed E-state index contributed by atoms with van der Waals surface area (Å²) in [5.74, 6) is 1.29. The Labute approximate surface area is 218 Å². The summed E-state index contributed by atoms with van der Waals surface area (Å²) in [4.78, 5) is 33.3. The molecule has 1 saturated carbocycles. The maximum absolute atomic E-state index is 13.6. The number of piperidine rings is 1. The Hall–Kier alpha value is -4.54. The topological polar surface area (TPSA) is 138 Å². The Balaban J connectivity index is 1.11. The van der Waals surface area contributed by atoms with Gasteiger partial charge in [-0.15, -0.1) is 10.2 Å². The van der Waals surface area contributed by atoms with Gasteiger partial charge in [-0.25, -0.2) is 4.98 Å². The molecule has 2 amide bonds. The van der Waals surface area contributed by atoms with Crippen LogP contribution in [-0.4, -0.2) is 68.2 Å². The summed E-state index contributed by atoms with van der Waals surface area (Å²) in [6.45, 7) is 0.962. The van der Waals surface area contributed by atoms with Gasteiger partial charge in [0.25, 0.3) is 11.8 Å². The molecule has 0 radical (unpaired) electrons. The van der Waals surface area contributed by atoms with Gasteiger partial charge >= 0.3 is 0 Å². The van der Waals surface area contributed by atoms with Crippen LogP contribution in [0.2, 0.25) is 0 Å². The van der Waals surface area contributed by atoms with Crippen molar-refractivity contribution >= 4 is 28.4 Å². The zero-order valence-electron chi connectivity index (χ0n) is 20.8. The lowest BCUT2D eigenvalue weighted by atomic mass is 9.91. The van der Waals surface area contributed by atoms with E-state index in [0.717, 1.165) is 29.4 Å². The maximum Gasteiger partial charge on any atom is 0.272 e. The molecule has 7 rings (SSSR count). The lowest BCUT2D eigenvalue weighted by Crippen LogP contribution is -2.62. The molecule has 0 atom stereocenters. The maximum atomic E-state index is 13.6. The fourth-order valence-corrected chi connectivity index (χ4v) is 5.58. The van der Waals surface area contributed by atoms with E-state index in [1.54, 1.807) is 24.1 Å². The van der Waals surface area contributed by atoms with Crippen molar-refractivity contribution in [3.05, 3.63) is 59.3 Å². The van der Waals surface area contributed by atoms with Crippen LogP contribution in [0, 0.1) is 0 Å². The van der Waals surface area contributed by atoms with Gasteiger partial charge in [-0.05, 0) is 53.8 Å². The van der Waals surface area contributed by atoms with Crippen LogP contribution in [0.3, 0.4) is 0 Å². The number of carbonyl (C=O) groups excluding carboxylic acids is 2. The number of nitrogens with one attached hydrogen (secondary N) is 3. The number of tetrazole rings is 1. The lowest BCUT2D eigenvalue weighted by Gasteiger charge is -2.45. The van der Waals surface area contributed by atoms with Crippen molar-refractivity contribution in [1.82, 2.24) is 35.8 Å².